The molecule has 2 heterocycles. The SMILES string of the molecule is NCCNC(=O)C1CCCN(S(=O)(=O)N2CCc3ccccc3C2)C1. The Labute approximate surface area is 149 Å². The van der Waals surface area contributed by atoms with E-state index in [-0.39, 0.29) is 18.4 Å². The number of nitrogens with two attached hydrogens (primary N) is 1. The predicted molar refractivity (Wildman–Crippen MR) is 95.8 cm³/mol. The lowest BCUT2D eigenvalue weighted by Gasteiger charge is -2.36. The van der Waals surface area contributed by atoms with E-state index in [2.05, 4.69) is 11.4 Å². The maximum absolute atomic E-state index is 13.0. The number of hydrogen-bond acceptors (Lipinski definition) is 4. The molecule has 2 aliphatic heterocycles. The standard InChI is InChI=1S/C17H26N4O3S/c18-8-9-19-17(22)16-6-3-10-20(13-16)25(23,24)21-11-7-14-4-1-2-5-15(14)12-21/h1-2,4-5,16H,3,6-13,18H2,(H,19,22). The zero-order valence-electron chi connectivity index (χ0n) is 14.4. The number of nitrogens with zero attached hydrogens (tertiary/aromatic N) is 2. The van der Waals surface area contributed by atoms with Crippen molar-refractivity contribution in [2.45, 2.75) is 25.8 Å². The highest BCUT2D eigenvalue weighted by Crippen LogP contribution is 2.26. The van der Waals surface area contributed by atoms with E-state index in [0.29, 0.717) is 45.6 Å². The van der Waals surface area contributed by atoms with Crippen LogP contribution in [0.25, 0.3) is 0 Å². The summed E-state index contributed by atoms with van der Waals surface area (Å²) in [6.45, 7) is 2.41. The van der Waals surface area contributed by atoms with Gasteiger partial charge < -0.3 is 11.1 Å². The van der Waals surface area contributed by atoms with Gasteiger partial charge in [0.2, 0.25) is 5.91 Å². The monoisotopic (exact) mass is 366 g/mol. The summed E-state index contributed by atoms with van der Waals surface area (Å²) in [5.74, 6) is -0.401. The number of fused-ring (bicyclic) bond motifs is 1. The molecule has 0 aromatic heterocycles. The predicted octanol–water partition coefficient (Wildman–Crippen LogP) is 0.0764. The van der Waals surface area contributed by atoms with E-state index in [1.54, 1.807) is 0 Å². The van der Waals surface area contributed by atoms with Crippen LogP contribution < -0.4 is 11.1 Å². The smallest absolute Gasteiger partial charge is 0.282 e. The molecular weight excluding hydrogens is 340 g/mol. The van der Waals surface area contributed by atoms with Crippen LogP contribution in [0.2, 0.25) is 0 Å². The third kappa shape index (κ3) is 4.03. The number of carbonyl (C=O) groups excluding carboxylic acids is 1. The van der Waals surface area contributed by atoms with Gasteiger partial charge in [-0.15, -0.1) is 0 Å². The molecule has 1 fully saturated rings. The molecular formula is C17H26N4O3S. The van der Waals surface area contributed by atoms with Crippen molar-refractivity contribution in [1.29, 1.82) is 0 Å². The fourth-order valence-electron chi connectivity index (χ4n) is 3.54. The second-order valence-electron chi connectivity index (χ2n) is 6.64. The lowest BCUT2D eigenvalue weighted by molar-refractivity contribution is -0.126. The van der Waals surface area contributed by atoms with Crippen LogP contribution in [-0.2, 0) is 28.0 Å². The van der Waals surface area contributed by atoms with Crippen LogP contribution in [-0.4, -0.2) is 55.7 Å². The molecule has 138 valence electrons. The Morgan fingerprint density at radius 3 is 2.72 bits per heavy atom. The summed E-state index contributed by atoms with van der Waals surface area (Å²) in [4.78, 5) is 12.2. The average molecular weight is 366 g/mol. The third-order valence-electron chi connectivity index (χ3n) is 4.95. The Balaban J connectivity index is 1.69. The molecule has 0 spiro atoms. The first kappa shape index (κ1) is 18.3. The van der Waals surface area contributed by atoms with Gasteiger partial charge in [-0.3, -0.25) is 4.79 Å². The van der Waals surface area contributed by atoms with Crippen molar-refractivity contribution < 1.29 is 13.2 Å². The number of carbonyl (C=O) groups is 1. The molecule has 25 heavy (non-hydrogen) atoms. The molecule has 1 aromatic rings. The van der Waals surface area contributed by atoms with Gasteiger partial charge in [-0.2, -0.15) is 17.0 Å². The van der Waals surface area contributed by atoms with Gasteiger partial charge in [0.1, 0.15) is 0 Å². The van der Waals surface area contributed by atoms with E-state index < -0.39 is 10.2 Å². The molecule has 2 aliphatic rings. The summed E-state index contributed by atoms with van der Waals surface area (Å²) in [5.41, 5.74) is 7.69. The molecule has 3 N–H and O–H groups in total. The molecule has 7 nitrogen and oxygen atoms in total. The van der Waals surface area contributed by atoms with Crippen molar-refractivity contribution in [3.8, 4) is 0 Å². The topological polar surface area (TPSA) is 95.7 Å². The number of nitrogens with one attached hydrogen (secondary N) is 1. The largest absolute Gasteiger partial charge is 0.355 e. The highest BCUT2D eigenvalue weighted by atomic mass is 32.2. The van der Waals surface area contributed by atoms with Crippen LogP contribution in [0, 0.1) is 5.92 Å². The lowest BCUT2D eigenvalue weighted by atomic mass is 9.99. The zero-order valence-corrected chi connectivity index (χ0v) is 15.2. The second-order valence-corrected chi connectivity index (χ2v) is 8.57. The molecule has 0 radical (unpaired) electrons. The Morgan fingerprint density at radius 1 is 1.20 bits per heavy atom. The van der Waals surface area contributed by atoms with Crippen LogP contribution in [0.15, 0.2) is 24.3 Å². The molecule has 1 amide bonds. The van der Waals surface area contributed by atoms with E-state index in [1.807, 2.05) is 18.2 Å². The summed E-state index contributed by atoms with van der Waals surface area (Å²) in [6.07, 6.45) is 2.14. The van der Waals surface area contributed by atoms with Gasteiger partial charge in [-0.05, 0) is 30.4 Å². The molecule has 3 rings (SSSR count). The van der Waals surface area contributed by atoms with Crippen LogP contribution >= 0.6 is 0 Å². The molecule has 1 atom stereocenters. The van der Waals surface area contributed by atoms with E-state index in [0.717, 1.165) is 12.0 Å². The van der Waals surface area contributed by atoms with E-state index >= 15 is 0 Å². The van der Waals surface area contributed by atoms with Gasteiger partial charge in [0.05, 0.1) is 5.92 Å². The number of hydrogen-bond donors (Lipinski definition) is 2. The van der Waals surface area contributed by atoms with Crippen molar-refractivity contribution in [2.75, 3.05) is 32.7 Å². The minimum Gasteiger partial charge on any atom is -0.355 e. The first-order valence-corrected chi connectivity index (χ1v) is 10.2. The summed E-state index contributed by atoms with van der Waals surface area (Å²) >= 11 is 0. The van der Waals surface area contributed by atoms with Gasteiger partial charge in [0.15, 0.2) is 0 Å². The van der Waals surface area contributed by atoms with Crippen LogP contribution in [0.5, 0.6) is 0 Å². The third-order valence-corrected chi connectivity index (χ3v) is 6.90. The molecule has 0 saturated carbocycles. The number of rotatable bonds is 5. The van der Waals surface area contributed by atoms with Gasteiger partial charge >= 0.3 is 0 Å². The van der Waals surface area contributed by atoms with Crippen molar-refractivity contribution >= 4 is 16.1 Å². The number of piperidine rings is 1. The summed E-state index contributed by atoms with van der Waals surface area (Å²) in [5, 5.41) is 2.77. The van der Waals surface area contributed by atoms with E-state index in [9.17, 15) is 13.2 Å². The highest BCUT2D eigenvalue weighted by molar-refractivity contribution is 7.86. The van der Waals surface area contributed by atoms with E-state index in [1.165, 1.54) is 14.2 Å². The Kier molecular flexibility index (Phi) is 5.73. The Morgan fingerprint density at radius 2 is 1.96 bits per heavy atom. The van der Waals surface area contributed by atoms with Gasteiger partial charge in [-0.25, -0.2) is 0 Å². The first-order chi connectivity index (χ1) is 12.0. The van der Waals surface area contributed by atoms with Gasteiger partial charge in [0, 0.05) is 39.3 Å². The fourth-order valence-corrected chi connectivity index (χ4v) is 5.21. The van der Waals surface area contributed by atoms with Gasteiger partial charge in [0.25, 0.3) is 10.2 Å². The summed E-state index contributed by atoms with van der Waals surface area (Å²) < 4.78 is 29.1. The van der Waals surface area contributed by atoms with Gasteiger partial charge in [-0.1, -0.05) is 24.3 Å². The summed E-state index contributed by atoms with van der Waals surface area (Å²) in [7, 11) is -3.55. The van der Waals surface area contributed by atoms with E-state index in [4.69, 9.17) is 5.73 Å². The Hall–Kier alpha value is -1.48. The quantitative estimate of drug-likeness (QED) is 0.771. The molecule has 1 unspecified atom stereocenters. The first-order valence-electron chi connectivity index (χ1n) is 8.82. The summed E-state index contributed by atoms with van der Waals surface area (Å²) in [6, 6.07) is 7.96. The molecule has 8 heteroatoms. The Bertz CT molecular complexity index is 722. The van der Waals surface area contributed by atoms with Crippen molar-refractivity contribution in [3.05, 3.63) is 35.4 Å². The molecule has 1 saturated heterocycles. The van der Waals surface area contributed by atoms with Crippen LogP contribution in [0.3, 0.4) is 0 Å². The molecule has 0 aliphatic carbocycles. The minimum atomic E-state index is -3.55. The van der Waals surface area contributed by atoms with Crippen molar-refractivity contribution in [3.63, 3.8) is 0 Å². The van der Waals surface area contributed by atoms with Crippen molar-refractivity contribution in [1.82, 2.24) is 13.9 Å². The van der Waals surface area contributed by atoms with Crippen LogP contribution in [0.1, 0.15) is 24.0 Å². The minimum absolute atomic E-state index is 0.102. The zero-order chi connectivity index (χ0) is 17.9. The maximum atomic E-state index is 13.0. The average Bonchev–Trinajstić information content (AvgIpc) is 2.65. The fraction of sp³-hybridized carbons (Fsp3) is 0.588. The normalized spacial score (nSPS) is 22.4. The van der Waals surface area contributed by atoms with Crippen LogP contribution in [0.4, 0.5) is 0 Å². The second kappa shape index (κ2) is 7.82. The highest BCUT2D eigenvalue weighted by Gasteiger charge is 2.36. The van der Waals surface area contributed by atoms with Crippen molar-refractivity contribution in [2.24, 2.45) is 11.7 Å². The molecule has 1 aromatic carbocycles. The number of benzene rings is 1. The lowest BCUT2D eigenvalue weighted by Crippen LogP contribution is -2.51. The number of amides is 1. The maximum Gasteiger partial charge on any atom is 0.282 e. The molecule has 0 bridgehead atoms.